The number of anilines is 2. The molecule has 0 radical (unpaired) electrons. The van der Waals surface area contributed by atoms with Crippen LogP contribution < -0.4 is 15.0 Å². The molecule has 1 aliphatic rings. The van der Waals surface area contributed by atoms with Crippen LogP contribution in [0.25, 0.3) is 10.8 Å². The SMILES string of the molecule is O=C(Nc1ccc(OCCn2c(O)ccc2O)c2ccccc12)c1cc(F)cc(N2CCOCC2)c1. The van der Waals surface area contributed by atoms with Crippen molar-refractivity contribution < 1.29 is 28.9 Å². The number of hydrogen-bond donors (Lipinski definition) is 3. The topological polar surface area (TPSA) is 96.2 Å². The monoisotopic (exact) mass is 491 g/mol. The molecule has 1 amide bonds. The van der Waals surface area contributed by atoms with Crippen molar-refractivity contribution in [1.29, 1.82) is 0 Å². The number of aromatic hydroxyl groups is 2. The number of nitrogens with zero attached hydrogens (tertiary/aromatic N) is 2. The van der Waals surface area contributed by atoms with Crippen LogP contribution in [0, 0.1) is 5.82 Å². The second kappa shape index (κ2) is 10.2. The van der Waals surface area contributed by atoms with Gasteiger partial charge in [-0.3, -0.25) is 9.36 Å². The molecule has 1 fully saturated rings. The van der Waals surface area contributed by atoms with Gasteiger partial charge in [-0.15, -0.1) is 0 Å². The maximum atomic E-state index is 14.4. The van der Waals surface area contributed by atoms with E-state index in [1.165, 1.54) is 28.8 Å². The Bertz CT molecular complexity index is 1380. The zero-order valence-electron chi connectivity index (χ0n) is 19.5. The van der Waals surface area contributed by atoms with Crippen molar-refractivity contribution in [2.24, 2.45) is 0 Å². The van der Waals surface area contributed by atoms with Crippen LogP contribution in [-0.2, 0) is 11.3 Å². The van der Waals surface area contributed by atoms with Crippen LogP contribution in [-0.4, -0.2) is 53.6 Å². The first-order valence-corrected chi connectivity index (χ1v) is 11.7. The molecule has 0 bridgehead atoms. The summed E-state index contributed by atoms with van der Waals surface area (Å²) in [4.78, 5) is 15.1. The average Bonchev–Trinajstić information content (AvgIpc) is 3.22. The normalized spacial score (nSPS) is 13.6. The summed E-state index contributed by atoms with van der Waals surface area (Å²) in [5.74, 6) is -0.393. The molecular formula is C27H26FN3O5. The zero-order chi connectivity index (χ0) is 25.1. The molecule has 1 aromatic heterocycles. The molecule has 186 valence electrons. The van der Waals surface area contributed by atoms with Crippen LogP contribution in [0.2, 0.25) is 0 Å². The number of fused-ring (bicyclic) bond motifs is 1. The molecule has 0 atom stereocenters. The minimum Gasteiger partial charge on any atom is -0.494 e. The summed E-state index contributed by atoms with van der Waals surface area (Å²) in [5.41, 5.74) is 1.45. The summed E-state index contributed by atoms with van der Waals surface area (Å²) in [5, 5.41) is 24.0. The van der Waals surface area contributed by atoms with E-state index >= 15 is 0 Å². The minimum absolute atomic E-state index is 0.0480. The maximum absolute atomic E-state index is 14.4. The quantitative estimate of drug-likeness (QED) is 0.356. The van der Waals surface area contributed by atoms with Crippen LogP contribution >= 0.6 is 0 Å². The number of halogens is 1. The Balaban J connectivity index is 1.35. The van der Waals surface area contributed by atoms with E-state index in [-0.39, 0.29) is 30.5 Å². The van der Waals surface area contributed by atoms with Crippen LogP contribution in [0.15, 0.2) is 66.7 Å². The summed E-state index contributed by atoms with van der Waals surface area (Å²) in [7, 11) is 0. The van der Waals surface area contributed by atoms with Crippen molar-refractivity contribution >= 4 is 28.1 Å². The van der Waals surface area contributed by atoms with Crippen molar-refractivity contribution in [1.82, 2.24) is 4.57 Å². The third-order valence-corrected chi connectivity index (χ3v) is 6.16. The van der Waals surface area contributed by atoms with Crippen LogP contribution in [0.3, 0.4) is 0 Å². The fourth-order valence-electron chi connectivity index (χ4n) is 4.33. The molecule has 0 unspecified atom stereocenters. The number of benzene rings is 3. The van der Waals surface area contributed by atoms with Gasteiger partial charge in [-0.25, -0.2) is 4.39 Å². The smallest absolute Gasteiger partial charge is 0.255 e. The van der Waals surface area contributed by atoms with Gasteiger partial charge in [-0.05, 0) is 30.3 Å². The fourth-order valence-corrected chi connectivity index (χ4v) is 4.33. The molecule has 1 aliphatic heterocycles. The number of amides is 1. The summed E-state index contributed by atoms with van der Waals surface area (Å²) in [6.07, 6.45) is 0. The molecule has 4 aromatic rings. The highest BCUT2D eigenvalue weighted by Gasteiger charge is 2.17. The number of morpholine rings is 1. The number of rotatable bonds is 7. The van der Waals surface area contributed by atoms with Gasteiger partial charge >= 0.3 is 0 Å². The predicted molar refractivity (Wildman–Crippen MR) is 135 cm³/mol. The summed E-state index contributed by atoms with van der Waals surface area (Å²) in [6.45, 7) is 2.86. The predicted octanol–water partition coefficient (Wildman–Crippen LogP) is 4.36. The molecule has 8 nitrogen and oxygen atoms in total. The number of carbonyl (C=O) groups is 1. The molecule has 0 spiro atoms. The molecule has 9 heteroatoms. The maximum Gasteiger partial charge on any atom is 0.255 e. The number of nitrogens with one attached hydrogen (secondary N) is 1. The lowest BCUT2D eigenvalue weighted by Crippen LogP contribution is -2.36. The fraction of sp³-hybridized carbons (Fsp3) is 0.222. The van der Waals surface area contributed by atoms with Crippen molar-refractivity contribution in [3.63, 3.8) is 0 Å². The highest BCUT2D eigenvalue weighted by molar-refractivity contribution is 6.10. The van der Waals surface area contributed by atoms with E-state index < -0.39 is 11.7 Å². The number of ether oxygens (including phenoxy) is 2. The van der Waals surface area contributed by atoms with Crippen LogP contribution in [0.1, 0.15) is 10.4 Å². The Hall–Kier alpha value is -4.24. The molecule has 0 saturated carbocycles. The molecule has 36 heavy (non-hydrogen) atoms. The van der Waals surface area contributed by atoms with Gasteiger partial charge in [0.1, 0.15) is 18.2 Å². The van der Waals surface area contributed by atoms with Gasteiger partial charge < -0.3 is 29.9 Å². The number of aromatic nitrogens is 1. The highest BCUT2D eigenvalue weighted by Crippen LogP contribution is 2.32. The lowest BCUT2D eigenvalue weighted by atomic mass is 10.1. The third-order valence-electron chi connectivity index (χ3n) is 6.16. The van der Waals surface area contributed by atoms with Crippen molar-refractivity contribution in [3.8, 4) is 17.5 Å². The highest BCUT2D eigenvalue weighted by atomic mass is 19.1. The first-order chi connectivity index (χ1) is 17.5. The number of carbonyl (C=O) groups excluding carboxylic acids is 1. The molecular weight excluding hydrogens is 465 g/mol. The first kappa shape index (κ1) is 23.5. The Labute approximate surface area is 207 Å². The van der Waals surface area contributed by atoms with Crippen molar-refractivity contribution in [2.75, 3.05) is 43.1 Å². The van der Waals surface area contributed by atoms with E-state index in [1.807, 2.05) is 29.2 Å². The summed E-state index contributed by atoms with van der Waals surface area (Å²) >= 11 is 0. The van der Waals surface area contributed by atoms with Gasteiger partial charge in [0.25, 0.3) is 5.91 Å². The molecule has 0 aliphatic carbocycles. The van der Waals surface area contributed by atoms with E-state index in [0.29, 0.717) is 43.4 Å². The number of hydrogen-bond acceptors (Lipinski definition) is 6. The molecule has 2 heterocycles. The van der Waals surface area contributed by atoms with E-state index in [9.17, 15) is 19.4 Å². The van der Waals surface area contributed by atoms with Crippen molar-refractivity contribution in [3.05, 3.63) is 78.1 Å². The lowest BCUT2D eigenvalue weighted by Gasteiger charge is -2.29. The van der Waals surface area contributed by atoms with E-state index in [1.54, 1.807) is 18.2 Å². The Morgan fingerprint density at radius 3 is 2.44 bits per heavy atom. The van der Waals surface area contributed by atoms with Gasteiger partial charge in [0.05, 0.1) is 19.8 Å². The van der Waals surface area contributed by atoms with Gasteiger partial charge in [0, 0.05) is 52.9 Å². The average molecular weight is 492 g/mol. The third kappa shape index (κ3) is 4.92. The molecule has 3 aromatic carbocycles. The van der Waals surface area contributed by atoms with E-state index in [2.05, 4.69) is 5.32 Å². The van der Waals surface area contributed by atoms with Gasteiger partial charge in [0.2, 0.25) is 0 Å². The van der Waals surface area contributed by atoms with E-state index in [0.717, 1.165) is 10.8 Å². The van der Waals surface area contributed by atoms with Gasteiger partial charge in [-0.1, -0.05) is 24.3 Å². The largest absolute Gasteiger partial charge is 0.494 e. The Kier molecular flexibility index (Phi) is 6.64. The van der Waals surface area contributed by atoms with Gasteiger partial charge in [-0.2, -0.15) is 0 Å². The van der Waals surface area contributed by atoms with Gasteiger partial charge in [0.15, 0.2) is 11.8 Å². The lowest BCUT2D eigenvalue weighted by molar-refractivity contribution is 0.102. The molecule has 3 N–H and O–H groups in total. The molecule has 1 saturated heterocycles. The molecule has 5 rings (SSSR count). The Morgan fingerprint density at radius 1 is 0.972 bits per heavy atom. The van der Waals surface area contributed by atoms with E-state index in [4.69, 9.17) is 9.47 Å². The second-order valence-electron chi connectivity index (χ2n) is 8.46. The van der Waals surface area contributed by atoms with Crippen molar-refractivity contribution in [2.45, 2.75) is 6.54 Å². The first-order valence-electron chi connectivity index (χ1n) is 11.7. The zero-order valence-corrected chi connectivity index (χ0v) is 19.5. The second-order valence-corrected chi connectivity index (χ2v) is 8.46. The minimum atomic E-state index is -0.475. The van der Waals surface area contributed by atoms with Crippen LogP contribution in [0.5, 0.6) is 17.5 Å². The summed E-state index contributed by atoms with van der Waals surface area (Å²) < 4.78 is 27.0. The summed E-state index contributed by atoms with van der Waals surface area (Å²) in [6, 6.07) is 18.1. The van der Waals surface area contributed by atoms with Crippen LogP contribution in [0.4, 0.5) is 15.8 Å². The standard InChI is InChI=1S/C27H26FN3O5/c28-19-15-18(16-20(17-19)30-9-12-35-13-10-30)27(34)29-23-5-6-24(22-4-2-1-3-21(22)23)36-14-11-31-25(32)7-8-26(31)33/h1-8,15-17,32-33H,9-14H2,(H,29,34). The Morgan fingerprint density at radius 2 is 1.69 bits per heavy atom.